The lowest BCUT2D eigenvalue weighted by atomic mass is 10.1. The van der Waals surface area contributed by atoms with Gasteiger partial charge in [0.1, 0.15) is 12.3 Å². The molecule has 0 aliphatic rings. The van der Waals surface area contributed by atoms with Crippen molar-refractivity contribution < 1.29 is 9.53 Å². The maximum absolute atomic E-state index is 12.6. The van der Waals surface area contributed by atoms with Crippen LogP contribution in [0.25, 0.3) is 10.9 Å². The van der Waals surface area contributed by atoms with E-state index in [1.165, 1.54) is 10.9 Å². The SMILES string of the molecule is CCCOc1cc(C)ccc1NC(=O)Cn1cnc2c(C)cccc2c1=O. The second kappa shape index (κ2) is 8.03. The molecular weight excluding hydrogens is 342 g/mol. The molecule has 0 fully saturated rings. The number of hydrogen-bond acceptors (Lipinski definition) is 4. The highest BCUT2D eigenvalue weighted by Gasteiger charge is 2.12. The number of aromatic nitrogens is 2. The van der Waals surface area contributed by atoms with E-state index in [4.69, 9.17) is 4.74 Å². The zero-order chi connectivity index (χ0) is 19.4. The quantitative estimate of drug-likeness (QED) is 0.726. The first-order valence-corrected chi connectivity index (χ1v) is 8.97. The number of fused-ring (bicyclic) bond motifs is 1. The zero-order valence-electron chi connectivity index (χ0n) is 15.8. The molecule has 3 aromatic rings. The molecule has 1 N–H and O–H groups in total. The van der Waals surface area contributed by atoms with E-state index in [0.29, 0.717) is 28.9 Å². The van der Waals surface area contributed by atoms with Gasteiger partial charge >= 0.3 is 0 Å². The highest BCUT2D eigenvalue weighted by atomic mass is 16.5. The van der Waals surface area contributed by atoms with Crippen LogP contribution in [0.1, 0.15) is 24.5 Å². The molecule has 0 unspecified atom stereocenters. The number of hydrogen-bond donors (Lipinski definition) is 1. The molecule has 1 amide bonds. The molecule has 140 valence electrons. The number of amides is 1. The monoisotopic (exact) mass is 365 g/mol. The Bertz CT molecular complexity index is 1040. The van der Waals surface area contributed by atoms with Gasteiger partial charge in [0.25, 0.3) is 5.56 Å². The fraction of sp³-hybridized carbons (Fsp3) is 0.286. The van der Waals surface area contributed by atoms with Crippen LogP contribution in [0.2, 0.25) is 0 Å². The van der Waals surface area contributed by atoms with Gasteiger partial charge in [-0.05, 0) is 49.6 Å². The molecule has 0 bridgehead atoms. The Balaban J connectivity index is 1.82. The second-order valence-corrected chi connectivity index (χ2v) is 6.54. The van der Waals surface area contributed by atoms with E-state index < -0.39 is 0 Å². The van der Waals surface area contributed by atoms with Gasteiger partial charge in [-0.2, -0.15) is 0 Å². The molecule has 0 aliphatic heterocycles. The summed E-state index contributed by atoms with van der Waals surface area (Å²) in [7, 11) is 0. The van der Waals surface area contributed by atoms with Crippen LogP contribution in [0, 0.1) is 13.8 Å². The topological polar surface area (TPSA) is 73.2 Å². The average molecular weight is 365 g/mol. The first-order chi connectivity index (χ1) is 13.0. The highest BCUT2D eigenvalue weighted by molar-refractivity contribution is 5.92. The van der Waals surface area contributed by atoms with Crippen molar-refractivity contribution in [1.82, 2.24) is 9.55 Å². The average Bonchev–Trinajstić information content (AvgIpc) is 2.64. The number of anilines is 1. The van der Waals surface area contributed by atoms with E-state index in [1.807, 2.05) is 51.1 Å². The van der Waals surface area contributed by atoms with E-state index in [9.17, 15) is 9.59 Å². The summed E-state index contributed by atoms with van der Waals surface area (Å²) in [5, 5.41) is 3.34. The van der Waals surface area contributed by atoms with Gasteiger partial charge in [0, 0.05) is 0 Å². The predicted octanol–water partition coefficient (Wildman–Crippen LogP) is 3.44. The van der Waals surface area contributed by atoms with Crippen LogP contribution in [-0.4, -0.2) is 22.1 Å². The minimum absolute atomic E-state index is 0.114. The predicted molar refractivity (Wildman–Crippen MR) is 106 cm³/mol. The molecule has 0 saturated heterocycles. The fourth-order valence-corrected chi connectivity index (χ4v) is 2.86. The molecule has 0 saturated carbocycles. The summed E-state index contributed by atoms with van der Waals surface area (Å²) in [6.07, 6.45) is 2.29. The van der Waals surface area contributed by atoms with Crippen molar-refractivity contribution in [3.05, 3.63) is 64.2 Å². The summed E-state index contributed by atoms with van der Waals surface area (Å²) in [5.41, 5.74) is 3.00. The van der Waals surface area contributed by atoms with Crippen molar-refractivity contribution in [3.8, 4) is 5.75 Å². The van der Waals surface area contributed by atoms with Crippen LogP contribution in [0.4, 0.5) is 5.69 Å². The number of nitrogens with one attached hydrogen (secondary N) is 1. The number of rotatable bonds is 6. The summed E-state index contributed by atoms with van der Waals surface area (Å²) in [4.78, 5) is 29.5. The zero-order valence-corrected chi connectivity index (χ0v) is 15.8. The third-order valence-electron chi connectivity index (χ3n) is 4.24. The van der Waals surface area contributed by atoms with E-state index in [0.717, 1.165) is 17.5 Å². The van der Waals surface area contributed by atoms with Gasteiger partial charge in [0.05, 0.1) is 29.5 Å². The third kappa shape index (κ3) is 4.16. The molecule has 0 atom stereocenters. The van der Waals surface area contributed by atoms with Gasteiger partial charge in [-0.1, -0.05) is 25.1 Å². The molecule has 1 heterocycles. The van der Waals surface area contributed by atoms with Crippen LogP contribution in [0.15, 0.2) is 47.5 Å². The van der Waals surface area contributed by atoms with Gasteiger partial charge in [-0.15, -0.1) is 0 Å². The molecule has 27 heavy (non-hydrogen) atoms. The normalized spacial score (nSPS) is 10.8. The van der Waals surface area contributed by atoms with Crippen LogP contribution in [-0.2, 0) is 11.3 Å². The van der Waals surface area contributed by atoms with E-state index in [1.54, 1.807) is 6.07 Å². The van der Waals surface area contributed by atoms with Gasteiger partial charge in [-0.3, -0.25) is 14.2 Å². The Labute approximate surface area is 157 Å². The van der Waals surface area contributed by atoms with Crippen LogP contribution in [0.3, 0.4) is 0 Å². The third-order valence-corrected chi connectivity index (χ3v) is 4.24. The first-order valence-electron chi connectivity index (χ1n) is 8.97. The van der Waals surface area contributed by atoms with Gasteiger partial charge in [0.15, 0.2) is 0 Å². The maximum atomic E-state index is 12.6. The minimum atomic E-state index is -0.309. The molecule has 6 nitrogen and oxygen atoms in total. The largest absolute Gasteiger partial charge is 0.491 e. The van der Waals surface area contributed by atoms with Gasteiger partial charge in [0.2, 0.25) is 5.91 Å². The minimum Gasteiger partial charge on any atom is -0.491 e. The standard InChI is InChI=1S/C21H23N3O3/c1-4-10-27-18-11-14(2)8-9-17(18)23-19(25)12-24-13-22-20-15(3)6-5-7-16(20)21(24)26/h5-9,11,13H,4,10,12H2,1-3H3,(H,23,25). The Morgan fingerprint density at radius 2 is 2.04 bits per heavy atom. The summed E-state index contributed by atoms with van der Waals surface area (Å²) in [6.45, 7) is 6.35. The summed E-state index contributed by atoms with van der Waals surface area (Å²) in [6, 6.07) is 11.0. The lowest BCUT2D eigenvalue weighted by Crippen LogP contribution is -2.28. The smallest absolute Gasteiger partial charge is 0.261 e. The lowest BCUT2D eigenvalue weighted by Gasteiger charge is -2.13. The van der Waals surface area contributed by atoms with Crippen molar-refractivity contribution in [2.75, 3.05) is 11.9 Å². The maximum Gasteiger partial charge on any atom is 0.261 e. The van der Waals surface area contributed by atoms with Crippen molar-refractivity contribution in [3.63, 3.8) is 0 Å². The molecule has 2 aromatic carbocycles. The van der Waals surface area contributed by atoms with E-state index in [-0.39, 0.29) is 18.0 Å². The summed E-state index contributed by atoms with van der Waals surface area (Å²) < 4.78 is 7.03. The Hall–Kier alpha value is -3.15. The fourth-order valence-electron chi connectivity index (χ4n) is 2.86. The Morgan fingerprint density at radius 1 is 1.22 bits per heavy atom. The summed E-state index contributed by atoms with van der Waals surface area (Å²) >= 11 is 0. The number of carbonyl (C=O) groups excluding carboxylic acids is 1. The van der Waals surface area contributed by atoms with Crippen LogP contribution < -0.4 is 15.6 Å². The second-order valence-electron chi connectivity index (χ2n) is 6.54. The van der Waals surface area contributed by atoms with Crippen molar-refractivity contribution in [1.29, 1.82) is 0 Å². The van der Waals surface area contributed by atoms with E-state index >= 15 is 0 Å². The van der Waals surface area contributed by atoms with Gasteiger partial charge < -0.3 is 10.1 Å². The Morgan fingerprint density at radius 3 is 2.81 bits per heavy atom. The molecule has 0 spiro atoms. The van der Waals surface area contributed by atoms with Crippen molar-refractivity contribution >= 4 is 22.5 Å². The molecule has 0 radical (unpaired) electrons. The number of nitrogens with zero attached hydrogens (tertiary/aromatic N) is 2. The molecule has 3 rings (SSSR count). The Kier molecular flexibility index (Phi) is 5.54. The number of aryl methyl sites for hydroxylation is 2. The number of benzene rings is 2. The van der Waals surface area contributed by atoms with Crippen molar-refractivity contribution in [2.45, 2.75) is 33.7 Å². The van der Waals surface area contributed by atoms with E-state index in [2.05, 4.69) is 10.3 Å². The number of ether oxygens (including phenoxy) is 1. The first kappa shape index (κ1) is 18.6. The highest BCUT2D eigenvalue weighted by Crippen LogP contribution is 2.26. The molecule has 1 aromatic heterocycles. The molecule has 0 aliphatic carbocycles. The van der Waals surface area contributed by atoms with Crippen molar-refractivity contribution in [2.24, 2.45) is 0 Å². The van der Waals surface area contributed by atoms with Crippen LogP contribution in [0.5, 0.6) is 5.75 Å². The van der Waals surface area contributed by atoms with Gasteiger partial charge in [-0.25, -0.2) is 4.98 Å². The number of carbonyl (C=O) groups is 1. The molecular formula is C21H23N3O3. The van der Waals surface area contributed by atoms with Crippen LogP contribution >= 0.6 is 0 Å². The number of para-hydroxylation sites is 1. The lowest BCUT2D eigenvalue weighted by molar-refractivity contribution is -0.116. The molecule has 6 heteroatoms. The summed E-state index contributed by atoms with van der Waals surface area (Å²) in [5.74, 6) is 0.320.